The fraction of sp³-hybridized carbons (Fsp3) is 0.667. The van der Waals surface area contributed by atoms with Gasteiger partial charge in [0, 0.05) is 19.8 Å². The number of esters is 1. The second-order valence-corrected chi connectivity index (χ2v) is 2.49. The van der Waals surface area contributed by atoms with Crippen LogP contribution in [0.1, 0.15) is 20.3 Å². The maximum absolute atomic E-state index is 10.9. The summed E-state index contributed by atoms with van der Waals surface area (Å²) in [7, 11) is 1.64. The normalized spacial score (nSPS) is 11.4. The summed E-state index contributed by atoms with van der Waals surface area (Å²) in [5.74, 6) is -0.272. The van der Waals surface area contributed by atoms with E-state index < -0.39 is 0 Å². The van der Waals surface area contributed by atoms with Gasteiger partial charge in [0.2, 0.25) is 0 Å². The molecule has 12 heavy (non-hydrogen) atoms. The van der Waals surface area contributed by atoms with Crippen molar-refractivity contribution in [1.82, 2.24) is 0 Å². The van der Waals surface area contributed by atoms with Gasteiger partial charge in [-0.2, -0.15) is 0 Å². The van der Waals surface area contributed by atoms with Crippen LogP contribution in [0.3, 0.4) is 0 Å². The zero-order chi connectivity index (χ0) is 9.40. The minimum Gasteiger partial charge on any atom is -0.463 e. The molecular formula is C9H16O3. The first kappa shape index (κ1) is 11.2. The maximum atomic E-state index is 10.9. The van der Waals surface area contributed by atoms with Gasteiger partial charge in [-0.15, -0.1) is 0 Å². The zero-order valence-electron chi connectivity index (χ0n) is 7.92. The minimum atomic E-state index is -0.272. The van der Waals surface area contributed by atoms with Crippen LogP contribution in [-0.2, 0) is 14.3 Å². The molecule has 3 nitrogen and oxygen atoms in total. The summed E-state index contributed by atoms with van der Waals surface area (Å²) in [4.78, 5) is 10.9. The van der Waals surface area contributed by atoms with Crippen molar-refractivity contribution in [3.05, 3.63) is 11.6 Å². The molecule has 0 heterocycles. The topological polar surface area (TPSA) is 35.5 Å². The molecular weight excluding hydrogens is 156 g/mol. The van der Waals surface area contributed by atoms with Crippen LogP contribution in [0, 0.1) is 0 Å². The van der Waals surface area contributed by atoms with Gasteiger partial charge in [-0.05, 0) is 20.3 Å². The monoisotopic (exact) mass is 172 g/mol. The third-order valence-electron chi connectivity index (χ3n) is 1.35. The summed E-state index contributed by atoms with van der Waals surface area (Å²) >= 11 is 0. The number of hydrogen-bond acceptors (Lipinski definition) is 3. The molecule has 0 unspecified atom stereocenters. The largest absolute Gasteiger partial charge is 0.463 e. The van der Waals surface area contributed by atoms with Gasteiger partial charge in [-0.25, -0.2) is 4.79 Å². The number of methoxy groups -OCH3 is 1. The molecule has 0 spiro atoms. The number of hydrogen-bond donors (Lipinski definition) is 0. The van der Waals surface area contributed by atoms with E-state index in [9.17, 15) is 4.79 Å². The molecule has 0 aliphatic carbocycles. The van der Waals surface area contributed by atoms with Gasteiger partial charge >= 0.3 is 5.97 Å². The Labute approximate surface area is 73.4 Å². The lowest BCUT2D eigenvalue weighted by Gasteiger charge is -2.00. The van der Waals surface area contributed by atoms with Crippen LogP contribution >= 0.6 is 0 Å². The molecule has 0 bridgehead atoms. The highest BCUT2D eigenvalue weighted by molar-refractivity contribution is 5.82. The van der Waals surface area contributed by atoms with Crippen molar-refractivity contribution in [2.24, 2.45) is 0 Å². The van der Waals surface area contributed by atoms with Crippen molar-refractivity contribution < 1.29 is 14.3 Å². The molecule has 0 aliphatic rings. The highest BCUT2D eigenvalue weighted by atomic mass is 16.5. The number of carbonyl (C=O) groups is 1. The van der Waals surface area contributed by atoms with Crippen molar-refractivity contribution in [2.45, 2.75) is 20.3 Å². The summed E-state index contributed by atoms with van der Waals surface area (Å²) in [6, 6.07) is 0. The Morgan fingerprint density at radius 2 is 2.17 bits per heavy atom. The van der Waals surface area contributed by atoms with E-state index in [1.54, 1.807) is 14.0 Å². The third-order valence-corrected chi connectivity index (χ3v) is 1.35. The minimum absolute atomic E-state index is 0.272. The van der Waals surface area contributed by atoms with Crippen LogP contribution in [0.2, 0.25) is 0 Å². The standard InChI is InChI=1S/C9H16O3/c1-4-12-9(10)7-8(2)5-6-11-3/h7H,4-6H2,1-3H3/b8-7-. The van der Waals surface area contributed by atoms with E-state index in [0.29, 0.717) is 13.2 Å². The smallest absolute Gasteiger partial charge is 0.330 e. The molecule has 0 saturated heterocycles. The van der Waals surface area contributed by atoms with Crippen molar-refractivity contribution >= 4 is 5.97 Å². The van der Waals surface area contributed by atoms with Gasteiger partial charge in [0.25, 0.3) is 0 Å². The first-order valence-corrected chi connectivity index (χ1v) is 4.03. The highest BCUT2D eigenvalue weighted by Gasteiger charge is 1.97. The van der Waals surface area contributed by atoms with Gasteiger partial charge in [0.15, 0.2) is 0 Å². The lowest BCUT2D eigenvalue weighted by Crippen LogP contribution is -2.01. The Morgan fingerprint density at radius 3 is 2.67 bits per heavy atom. The highest BCUT2D eigenvalue weighted by Crippen LogP contribution is 1.99. The summed E-state index contributed by atoms with van der Waals surface area (Å²) < 4.78 is 9.60. The summed E-state index contributed by atoms with van der Waals surface area (Å²) in [6.07, 6.45) is 2.28. The van der Waals surface area contributed by atoms with E-state index in [1.165, 1.54) is 6.08 Å². The van der Waals surface area contributed by atoms with Gasteiger partial charge in [0.05, 0.1) is 6.61 Å². The first-order chi connectivity index (χ1) is 5.70. The van der Waals surface area contributed by atoms with Crippen molar-refractivity contribution in [3.63, 3.8) is 0 Å². The van der Waals surface area contributed by atoms with E-state index in [-0.39, 0.29) is 5.97 Å². The maximum Gasteiger partial charge on any atom is 0.330 e. The molecule has 0 N–H and O–H groups in total. The van der Waals surface area contributed by atoms with Crippen molar-refractivity contribution in [2.75, 3.05) is 20.3 Å². The Hall–Kier alpha value is -0.830. The first-order valence-electron chi connectivity index (χ1n) is 4.03. The average molecular weight is 172 g/mol. The molecule has 0 aromatic heterocycles. The van der Waals surface area contributed by atoms with E-state index in [4.69, 9.17) is 9.47 Å². The fourth-order valence-corrected chi connectivity index (χ4v) is 0.720. The molecule has 0 amide bonds. The van der Waals surface area contributed by atoms with Crippen LogP contribution in [0.5, 0.6) is 0 Å². The van der Waals surface area contributed by atoms with Crippen molar-refractivity contribution in [3.8, 4) is 0 Å². The van der Waals surface area contributed by atoms with Gasteiger partial charge in [-0.1, -0.05) is 5.57 Å². The van der Waals surface area contributed by atoms with Crippen LogP contribution < -0.4 is 0 Å². The molecule has 0 aliphatic heterocycles. The van der Waals surface area contributed by atoms with E-state index >= 15 is 0 Å². The SMILES string of the molecule is CCOC(=O)/C=C(/C)CCOC. The Balaban J connectivity index is 3.72. The lowest BCUT2D eigenvalue weighted by atomic mass is 10.2. The van der Waals surface area contributed by atoms with Crippen molar-refractivity contribution in [1.29, 1.82) is 0 Å². The molecule has 0 aromatic rings. The number of ether oxygens (including phenoxy) is 2. The number of rotatable bonds is 5. The second kappa shape index (κ2) is 6.85. The summed E-state index contributed by atoms with van der Waals surface area (Å²) in [6.45, 7) is 4.74. The van der Waals surface area contributed by atoms with E-state index in [1.807, 2.05) is 6.92 Å². The van der Waals surface area contributed by atoms with Crippen LogP contribution in [-0.4, -0.2) is 26.3 Å². The Kier molecular flexibility index (Phi) is 6.38. The van der Waals surface area contributed by atoms with Crippen LogP contribution in [0.25, 0.3) is 0 Å². The predicted octanol–water partition coefficient (Wildman–Crippen LogP) is 1.53. The quantitative estimate of drug-likeness (QED) is 0.466. The molecule has 3 heteroatoms. The second-order valence-electron chi connectivity index (χ2n) is 2.49. The van der Waals surface area contributed by atoms with Crippen LogP contribution in [0.4, 0.5) is 0 Å². The molecule has 0 fully saturated rings. The lowest BCUT2D eigenvalue weighted by molar-refractivity contribution is -0.137. The predicted molar refractivity (Wildman–Crippen MR) is 46.9 cm³/mol. The van der Waals surface area contributed by atoms with E-state index in [2.05, 4.69) is 0 Å². The van der Waals surface area contributed by atoms with Crippen LogP contribution in [0.15, 0.2) is 11.6 Å². The molecule has 0 atom stereocenters. The molecule has 0 saturated carbocycles. The van der Waals surface area contributed by atoms with Gasteiger partial charge < -0.3 is 9.47 Å². The van der Waals surface area contributed by atoms with Gasteiger partial charge in [-0.3, -0.25) is 0 Å². The fourth-order valence-electron chi connectivity index (χ4n) is 0.720. The third kappa shape index (κ3) is 5.92. The Morgan fingerprint density at radius 1 is 1.50 bits per heavy atom. The molecule has 0 radical (unpaired) electrons. The van der Waals surface area contributed by atoms with E-state index in [0.717, 1.165) is 12.0 Å². The molecule has 70 valence electrons. The number of carbonyl (C=O) groups excluding carboxylic acids is 1. The van der Waals surface area contributed by atoms with Gasteiger partial charge in [0.1, 0.15) is 0 Å². The molecule has 0 aromatic carbocycles. The summed E-state index contributed by atoms with van der Waals surface area (Å²) in [5.41, 5.74) is 0.982. The molecule has 0 rings (SSSR count). The average Bonchev–Trinajstić information content (AvgIpc) is 2.01. The summed E-state index contributed by atoms with van der Waals surface area (Å²) in [5, 5.41) is 0. The zero-order valence-corrected chi connectivity index (χ0v) is 7.92. The Bertz CT molecular complexity index is 161.